The predicted octanol–water partition coefficient (Wildman–Crippen LogP) is 1.06. The van der Waals surface area contributed by atoms with Crippen LogP contribution in [0, 0.1) is 0 Å². The molecule has 4 rings (SSSR count). The van der Waals surface area contributed by atoms with Crippen molar-refractivity contribution in [1.82, 2.24) is 24.3 Å². The van der Waals surface area contributed by atoms with E-state index in [2.05, 4.69) is 21.8 Å². The van der Waals surface area contributed by atoms with E-state index in [1.807, 2.05) is 15.7 Å². The van der Waals surface area contributed by atoms with Crippen molar-refractivity contribution in [2.24, 2.45) is 0 Å². The van der Waals surface area contributed by atoms with Crippen molar-refractivity contribution in [1.29, 1.82) is 0 Å². The van der Waals surface area contributed by atoms with E-state index in [4.69, 9.17) is 4.74 Å². The minimum absolute atomic E-state index is 0.0262. The molecular weight excluding hydrogens is 342 g/mol. The molecule has 0 saturated carbocycles. The van der Waals surface area contributed by atoms with Crippen molar-refractivity contribution >= 4 is 5.91 Å². The van der Waals surface area contributed by atoms with Gasteiger partial charge in [0.1, 0.15) is 0 Å². The molecule has 150 valence electrons. The lowest BCUT2D eigenvalue weighted by Gasteiger charge is -2.40. The number of nitrogens with zero attached hydrogens (tertiary/aromatic N) is 5. The third-order valence-electron chi connectivity index (χ3n) is 6.57. The first kappa shape index (κ1) is 18.9. The molecule has 1 amide bonds. The van der Waals surface area contributed by atoms with Crippen molar-refractivity contribution in [2.75, 3.05) is 52.9 Å². The lowest BCUT2D eigenvalue weighted by Crippen LogP contribution is -2.49. The van der Waals surface area contributed by atoms with Crippen molar-refractivity contribution in [3.05, 3.63) is 18.7 Å². The Labute approximate surface area is 162 Å². The topological polar surface area (TPSA) is 53.8 Å². The summed E-state index contributed by atoms with van der Waals surface area (Å²) >= 11 is 0. The number of imidazole rings is 1. The van der Waals surface area contributed by atoms with Gasteiger partial charge in [-0.15, -0.1) is 0 Å². The first-order valence-electron chi connectivity index (χ1n) is 10.4. The summed E-state index contributed by atoms with van der Waals surface area (Å²) in [4.78, 5) is 23.5. The maximum absolute atomic E-state index is 12.5. The molecule has 3 aliphatic heterocycles. The highest BCUT2D eigenvalue weighted by Gasteiger charge is 2.43. The molecule has 0 aliphatic carbocycles. The van der Waals surface area contributed by atoms with Crippen LogP contribution in [0.5, 0.6) is 0 Å². The van der Waals surface area contributed by atoms with Gasteiger partial charge >= 0.3 is 0 Å². The number of amides is 1. The average Bonchev–Trinajstić information content (AvgIpc) is 3.33. The highest BCUT2D eigenvalue weighted by Crippen LogP contribution is 2.39. The van der Waals surface area contributed by atoms with E-state index in [1.54, 1.807) is 12.5 Å². The van der Waals surface area contributed by atoms with Crippen molar-refractivity contribution in [3.8, 4) is 0 Å². The van der Waals surface area contributed by atoms with Gasteiger partial charge in [-0.1, -0.05) is 0 Å². The van der Waals surface area contributed by atoms with E-state index in [0.717, 1.165) is 65.1 Å². The molecule has 1 atom stereocenters. The van der Waals surface area contributed by atoms with E-state index in [-0.39, 0.29) is 11.5 Å². The Bertz CT molecular complexity index is 604. The third-order valence-corrected chi connectivity index (χ3v) is 6.57. The van der Waals surface area contributed by atoms with Crippen LogP contribution in [0.3, 0.4) is 0 Å². The summed E-state index contributed by atoms with van der Waals surface area (Å²) in [6.07, 6.45) is 10.7. The molecule has 1 aromatic heterocycles. The van der Waals surface area contributed by atoms with E-state index in [1.165, 1.54) is 6.42 Å². The molecule has 3 saturated heterocycles. The van der Waals surface area contributed by atoms with Crippen molar-refractivity contribution in [2.45, 2.75) is 50.4 Å². The number of piperazine rings is 1. The molecule has 0 radical (unpaired) electrons. The third kappa shape index (κ3) is 4.70. The average molecular weight is 376 g/mol. The monoisotopic (exact) mass is 375 g/mol. The molecule has 3 fully saturated rings. The smallest absolute Gasteiger partial charge is 0.224 e. The summed E-state index contributed by atoms with van der Waals surface area (Å²) < 4.78 is 8.53. The molecule has 1 unspecified atom stereocenters. The van der Waals surface area contributed by atoms with Gasteiger partial charge in [-0.05, 0) is 32.7 Å². The maximum atomic E-state index is 12.5. The Morgan fingerprint density at radius 3 is 2.63 bits per heavy atom. The number of carbonyl (C=O) groups excluding carboxylic acids is 1. The SMILES string of the molecule is CN1CCN(CC2CCC3(CCN(C(=O)CCn4ccnc4)CC3)O2)CC1. The molecular formula is C20H33N5O2. The normalized spacial score (nSPS) is 26.7. The zero-order chi connectivity index (χ0) is 18.7. The number of aryl methyl sites for hydroxylation is 1. The van der Waals surface area contributed by atoms with Gasteiger partial charge in [-0.25, -0.2) is 4.98 Å². The van der Waals surface area contributed by atoms with Crippen LogP contribution in [0.1, 0.15) is 32.1 Å². The standard InChI is InChI=1S/C20H33N5O2/c1-22-12-14-23(15-13-22)16-18-2-4-20(27-18)5-9-25(10-6-20)19(26)3-8-24-11-7-21-17-24/h7,11,17-18H,2-6,8-10,12-16H2,1H3. The van der Waals surface area contributed by atoms with E-state index < -0.39 is 0 Å². The number of likely N-dealkylation sites (tertiary alicyclic amines) is 1. The van der Waals surface area contributed by atoms with Gasteiger partial charge in [0, 0.05) is 71.2 Å². The number of piperidine rings is 1. The number of likely N-dealkylation sites (N-methyl/N-ethyl adjacent to an activating group) is 1. The van der Waals surface area contributed by atoms with Crippen molar-refractivity contribution < 1.29 is 9.53 Å². The zero-order valence-corrected chi connectivity index (χ0v) is 16.6. The van der Waals surface area contributed by atoms with Crippen LogP contribution >= 0.6 is 0 Å². The molecule has 7 heteroatoms. The number of rotatable bonds is 5. The minimum atomic E-state index is 0.0262. The van der Waals surface area contributed by atoms with Crippen LogP contribution in [0.15, 0.2) is 18.7 Å². The number of hydrogen-bond acceptors (Lipinski definition) is 5. The fraction of sp³-hybridized carbons (Fsp3) is 0.800. The summed E-state index contributed by atoms with van der Waals surface area (Å²) in [5.74, 6) is 0.255. The lowest BCUT2D eigenvalue weighted by molar-refractivity contribution is -0.138. The van der Waals surface area contributed by atoms with Gasteiger partial charge in [0.25, 0.3) is 0 Å². The number of aromatic nitrogens is 2. The van der Waals surface area contributed by atoms with Crippen LogP contribution in [-0.2, 0) is 16.1 Å². The predicted molar refractivity (Wildman–Crippen MR) is 103 cm³/mol. The summed E-state index contributed by atoms with van der Waals surface area (Å²) in [5, 5.41) is 0. The van der Waals surface area contributed by atoms with Crippen LogP contribution < -0.4 is 0 Å². The fourth-order valence-corrected chi connectivity index (χ4v) is 4.68. The molecule has 0 N–H and O–H groups in total. The zero-order valence-electron chi connectivity index (χ0n) is 16.6. The summed E-state index contributed by atoms with van der Waals surface area (Å²) in [6.45, 7) is 8.09. The minimum Gasteiger partial charge on any atom is -0.370 e. The molecule has 1 aromatic rings. The summed E-state index contributed by atoms with van der Waals surface area (Å²) in [5.41, 5.74) is 0.0262. The van der Waals surface area contributed by atoms with Gasteiger partial charge in [0.15, 0.2) is 0 Å². The fourth-order valence-electron chi connectivity index (χ4n) is 4.68. The first-order chi connectivity index (χ1) is 13.1. The molecule has 7 nitrogen and oxygen atoms in total. The number of ether oxygens (including phenoxy) is 1. The second-order valence-corrected chi connectivity index (χ2v) is 8.50. The molecule has 1 spiro atoms. The molecule has 4 heterocycles. The van der Waals surface area contributed by atoms with Crippen LogP contribution in [0.4, 0.5) is 0 Å². The van der Waals surface area contributed by atoms with Gasteiger partial charge in [0.05, 0.1) is 18.0 Å². The van der Waals surface area contributed by atoms with Crippen LogP contribution in [0.25, 0.3) is 0 Å². The first-order valence-corrected chi connectivity index (χ1v) is 10.4. The van der Waals surface area contributed by atoms with Crippen LogP contribution in [-0.4, -0.2) is 94.7 Å². The Balaban J connectivity index is 1.20. The van der Waals surface area contributed by atoms with E-state index in [9.17, 15) is 4.79 Å². The Hall–Kier alpha value is -1.44. The van der Waals surface area contributed by atoms with E-state index >= 15 is 0 Å². The summed E-state index contributed by atoms with van der Waals surface area (Å²) in [6, 6.07) is 0. The molecule has 0 aromatic carbocycles. The Kier molecular flexibility index (Phi) is 5.80. The Morgan fingerprint density at radius 1 is 1.15 bits per heavy atom. The highest BCUT2D eigenvalue weighted by molar-refractivity contribution is 5.76. The quantitative estimate of drug-likeness (QED) is 0.770. The number of hydrogen-bond donors (Lipinski definition) is 0. The van der Waals surface area contributed by atoms with Gasteiger partial charge in [-0.3, -0.25) is 9.69 Å². The van der Waals surface area contributed by atoms with Crippen LogP contribution in [0.2, 0.25) is 0 Å². The second kappa shape index (κ2) is 8.29. The van der Waals surface area contributed by atoms with Gasteiger partial charge in [0.2, 0.25) is 5.91 Å². The highest BCUT2D eigenvalue weighted by atomic mass is 16.5. The molecule has 0 bridgehead atoms. The molecule has 27 heavy (non-hydrogen) atoms. The molecule has 3 aliphatic rings. The van der Waals surface area contributed by atoms with Gasteiger partial charge < -0.3 is 19.1 Å². The van der Waals surface area contributed by atoms with E-state index in [0.29, 0.717) is 19.1 Å². The summed E-state index contributed by atoms with van der Waals surface area (Å²) in [7, 11) is 2.20. The Morgan fingerprint density at radius 2 is 1.93 bits per heavy atom. The number of carbonyl (C=O) groups is 1. The maximum Gasteiger partial charge on any atom is 0.224 e. The second-order valence-electron chi connectivity index (χ2n) is 8.50. The largest absolute Gasteiger partial charge is 0.370 e. The lowest BCUT2D eigenvalue weighted by atomic mass is 9.88. The van der Waals surface area contributed by atoms with Crippen molar-refractivity contribution in [3.63, 3.8) is 0 Å². The van der Waals surface area contributed by atoms with Gasteiger partial charge in [-0.2, -0.15) is 0 Å².